The van der Waals surface area contributed by atoms with Gasteiger partial charge in [0, 0.05) is 24.4 Å². The SMILES string of the molecule is CNc1ccccc1-c1nc(-c2cc(F)cc(F)c2)no1. The number of benzene rings is 2. The van der Waals surface area contributed by atoms with Crippen LogP contribution in [0.5, 0.6) is 0 Å². The lowest BCUT2D eigenvalue weighted by molar-refractivity contribution is 0.432. The summed E-state index contributed by atoms with van der Waals surface area (Å²) >= 11 is 0. The Hall–Kier alpha value is -2.76. The van der Waals surface area contributed by atoms with E-state index in [4.69, 9.17) is 4.52 Å². The number of nitrogens with one attached hydrogen (secondary N) is 1. The second kappa shape index (κ2) is 5.32. The fourth-order valence-corrected chi connectivity index (χ4v) is 2.02. The number of rotatable bonds is 3. The molecular weight excluding hydrogens is 276 g/mol. The number of aromatic nitrogens is 2. The third-order valence-electron chi connectivity index (χ3n) is 2.97. The van der Waals surface area contributed by atoms with E-state index in [1.165, 1.54) is 0 Å². The summed E-state index contributed by atoms with van der Waals surface area (Å²) < 4.78 is 31.6. The van der Waals surface area contributed by atoms with Crippen LogP contribution in [0.2, 0.25) is 0 Å². The van der Waals surface area contributed by atoms with Crippen LogP contribution in [0.3, 0.4) is 0 Å². The van der Waals surface area contributed by atoms with Crippen molar-refractivity contribution >= 4 is 5.69 Å². The minimum Gasteiger partial charge on any atom is -0.387 e. The van der Waals surface area contributed by atoms with Crippen LogP contribution in [0.15, 0.2) is 47.0 Å². The molecule has 1 aromatic heterocycles. The van der Waals surface area contributed by atoms with E-state index in [0.717, 1.165) is 29.4 Å². The molecule has 0 aliphatic rings. The van der Waals surface area contributed by atoms with Crippen molar-refractivity contribution in [1.29, 1.82) is 0 Å². The molecule has 0 aliphatic carbocycles. The molecule has 0 amide bonds. The van der Waals surface area contributed by atoms with E-state index in [-0.39, 0.29) is 17.3 Å². The molecule has 0 saturated carbocycles. The van der Waals surface area contributed by atoms with Crippen LogP contribution in [0.4, 0.5) is 14.5 Å². The van der Waals surface area contributed by atoms with E-state index in [2.05, 4.69) is 15.5 Å². The van der Waals surface area contributed by atoms with Crippen molar-refractivity contribution in [3.63, 3.8) is 0 Å². The number of nitrogens with zero attached hydrogens (tertiary/aromatic N) is 2. The standard InChI is InChI=1S/C15H11F2N3O/c1-18-13-5-3-2-4-12(13)15-19-14(20-21-15)9-6-10(16)8-11(17)7-9/h2-8,18H,1H3. The highest BCUT2D eigenvalue weighted by Crippen LogP contribution is 2.28. The van der Waals surface area contributed by atoms with Crippen molar-refractivity contribution < 1.29 is 13.3 Å². The van der Waals surface area contributed by atoms with E-state index in [1.807, 2.05) is 24.3 Å². The Kier molecular flexibility index (Phi) is 3.35. The fraction of sp³-hybridized carbons (Fsp3) is 0.0667. The Bertz CT molecular complexity index is 766. The topological polar surface area (TPSA) is 51.0 Å². The van der Waals surface area contributed by atoms with E-state index in [1.54, 1.807) is 7.05 Å². The molecule has 0 unspecified atom stereocenters. The molecule has 0 atom stereocenters. The van der Waals surface area contributed by atoms with Crippen molar-refractivity contribution in [1.82, 2.24) is 10.1 Å². The molecule has 6 heteroatoms. The van der Waals surface area contributed by atoms with Crippen LogP contribution in [0.25, 0.3) is 22.8 Å². The molecule has 0 spiro atoms. The number of hydrogen-bond acceptors (Lipinski definition) is 4. The minimum absolute atomic E-state index is 0.134. The average molecular weight is 287 g/mol. The lowest BCUT2D eigenvalue weighted by Gasteiger charge is -2.03. The molecule has 4 nitrogen and oxygen atoms in total. The van der Waals surface area contributed by atoms with Crippen LogP contribution >= 0.6 is 0 Å². The highest BCUT2D eigenvalue weighted by Gasteiger charge is 2.14. The van der Waals surface area contributed by atoms with Crippen LogP contribution in [0, 0.1) is 11.6 Å². The molecule has 0 fully saturated rings. The van der Waals surface area contributed by atoms with Gasteiger partial charge in [-0.05, 0) is 24.3 Å². The first kappa shape index (κ1) is 13.2. The summed E-state index contributed by atoms with van der Waals surface area (Å²) in [6, 6.07) is 10.5. The Labute approximate surface area is 119 Å². The zero-order chi connectivity index (χ0) is 14.8. The summed E-state index contributed by atoms with van der Waals surface area (Å²) in [6.45, 7) is 0. The third-order valence-corrected chi connectivity index (χ3v) is 2.97. The molecule has 106 valence electrons. The zero-order valence-electron chi connectivity index (χ0n) is 11.1. The lowest BCUT2D eigenvalue weighted by atomic mass is 10.1. The largest absolute Gasteiger partial charge is 0.387 e. The average Bonchev–Trinajstić information content (AvgIpc) is 2.96. The summed E-state index contributed by atoms with van der Waals surface area (Å²) in [7, 11) is 1.78. The van der Waals surface area contributed by atoms with Gasteiger partial charge in [0.05, 0.1) is 5.56 Å². The van der Waals surface area contributed by atoms with Gasteiger partial charge in [-0.3, -0.25) is 0 Å². The van der Waals surface area contributed by atoms with Crippen LogP contribution in [0.1, 0.15) is 0 Å². The van der Waals surface area contributed by atoms with Gasteiger partial charge < -0.3 is 9.84 Å². The monoisotopic (exact) mass is 287 g/mol. The molecule has 21 heavy (non-hydrogen) atoms. The van der Waals surface area contributed by atoms with Crippen LogP contribution in [-0.4, -0.2) is 17.2 Å². The summed E-state index contributed by atoms with van der Waals surface area (Å²) in [4.78, 5) is 4.19. The highest BCUT2D eigenvalue weighted by atomic mass is 19.1. The molecule has 1 N–H and O–H groups in total. The van der Waals surface area contributed by atoms with E-state index in [0.29, 0.717) is 0 Å². The second-order valence-electron chi connectivity index (χ2n) is 4.38. The van der Waals surface area contributed by atoms with Gasteiger partial charge >= 0.3 is 0 Å². The predicted molar refractivity (Wildman–Crippen MR) is 74.6 cm³/mol. The molecule has 0 aliphatic heterocycles. The summed E-state index contributed by atoms with van der Waals surface area (Å²) in [5.41, 5.74) is 1.76. The van der Waals surface area contributed by atoms with Crippen molar-refractivity contribution in [2.24, 2.45) is 0 Å². The van der Waals surface area contributed by atoms with Gasteiger partial charge in [-0.2, -0.15) is 4.98 Å². The number of halogens is 2. The fourth-order valence-electron chi connectivity index (χ4n) is 2.02. The summed E-state index contributed by atoms with van der Waals surface area (Å²) in [6.07, 6.45) is 0. The van der Waals surface area contributed by atoms with Crippen LogP contribution < -0.4 is 5.32 Å². The first-order valence-electron chi connectivity index (χ1n) is 6.24. The van der Waals surface area contributed by atoms with Gasteiger partial charge in [0.25, 0.3) is 5.89 Å². The minimum atomic E-state index is -0.688. The van der Waals surface area contributed by atoms with E-state index < -0.39 is 11.6 Å². The van der Waals surface area contributed by atoms with Crippen molar-refractivity contribution in [3.05, 3.63) is 54.1 Å². The number of hydrogen-bond donors (Lipinski definition) is 1. The van der Waals surface area contributed by atoms with Crippen molar-refractivity contribution in [3.8, 4) is 22.8 Å². The predicted octanol–water partition coefficient (Wildman–Crippen LogP) is 3.72. The summed E-state index contributed by atoms with van der Waals surface area (Å²) in [5, 5.41) is 6.79. The molecule has 2 aromatic carbocycles. The Morgan fingerprint density at radius 1 is 1.05 bits per heavy atom. The third kappa shape index (κ3) is 2.60. The van der Waals surface area contributed by atoms with Gasteiger partial charge in [0.1, 0.15) is 11.6 Å². The van der Waals surface area contributed by atoms with Crippen molar-refractivity contribution in [2.45, 2.75) is 0 Å². The first-order chi connectivity index (χ1) is 10.2. The molecule has 0 radical (unpaired) electrons. The summed E-state index contributed by atoms with van der Waals surface area (Å²) in [5.74, 6) is -0.965. The maximum absolute atomic E-state index is 13.2. The molecule has 3 aromatic rings. The number of anilines is 1. The smallest absolute Gasteiger partial charge is 0.260 e. The quantitative estimate of drug-likeness (QED) is 0.797. The van der Waals surface area contributed by atoms with Crippen LogP contribution in [-0.2, 0) is 0 Å². The van der Waals surface area contributed by atoms with Gasteiger partial charge in [-0.1, -0.05) is 17.3 Å². The van der Waals surface area contributed by atoms with E-state index >= 15 is 0 Å². The van der Waals surface area contributed by atoms with Gasteiger partial charge in [-0.15, -0.1) is 0 Å². The van der Waals surface area contributed by atoms with Crippen molar-refractivity contribution in [2.75, 3.05) is 12.4 Å². The molecule has 1 heterocycles. The molecule has 3 rings (SSSR count). The Balaban J connectivity index is 2.04. The molecule has 0 saturated heterocycles. The first-order valence-corrected chi connectivity index (χ1v) is 6.24. The van der Waals surface area contributed by atoms with Gasteiger partial charge in [-0.25, -0.2) is 8.78 Å². The van der Waals surface area contributed by atoms with Gasteiger partial charge in [0.15, 0.2) is 0 Å². The van der Waals surface area contributed by atoms with E-state index in [9.17, 15) is 8.78 Å². The molecular formula is C15H11F2N3O. The zero-order valence-corrected chi connectivity index (χ0v) is 11.1. The number of para-hydroxylation sites is 1. The Morgan fingerprint density at radius 3 is 2.48 bits per heavy atom. The lowest BCUT2D eigenvalue weighted by Crippen LogP contribution is -1.91. The Morgan fingerprint density at radius 2 is 1.76 bits per heavy atom. The molecule has 0 bridgehead atoms. The van der Waals surface area contributed by atoms with Gasteiger partial charge in [0.2, 0.25) is 5.82 Å². The normalized spacial score (nSPS) is 10.6. The maximum atomic E-state index is 13.2. The maximum Gasteiger partial charge on any atom is 0.260 e. The highest BCUT2D eigenvalue weighted by molar-refractivity contribution is 5.73. The second-order valence-corrected chi connectivity index (χ2v) is 4.38.